The van der Waals surface area contributed by atoms with Crippen LogP contribution in [0.25, 0.3) is 28.1 Å². The van der Waals surface area contributed by atoms with Crippen molar-refractivity contribution < 1.29 is 9.53 Å². The van der Waals surface area contributed by atoms with Crippen molar-refractivity contribution in [3.63, 3.8) is 0 Å². The number of ether oxygens (including phenoxy) is 1. The van der Waals surface area contributed by atoms with Crippen LogP contribution < -0.4 is 5.32 Å². The van der Waals surface area contributed by atoms with Gasteiger partial charge in [0.25, 0.3) is 0 Å². The zero-order chi connectivity index (χ0) is 21.8. The van der Waals surface area contributed by atoms with E-state index in [0.29, 0.717) is 13.2 Å². The predicted molar refractivity (Wildman–Crippen MR) is 128 cm³/mol. The Morgan fingerprint density at radius 2 is 1.62 bits per heavy atom. The number of pyridine rings is 1. The third kappa shape index (κ3) is 4.12. The molecule has 3 aromatic carbocycles. The topological polar surface area (TPSA) is 51.2 Å². The normalized spacial score (nSPS) is 12.6. The van der Waals surface area contributed by atoms with Crippen LogP contribution in [0.5, 0.6) is 0 Å². The van der Waals surface area contributed by atoms with Gasteiger partial charge in [-0.15, -0.1) is 0 Å². The summed E-state index contributed by atoms with van der Waals surface area (Å²) >= 11 is 0. The van der Waals surface area contributed by atoms with Crippen LogP contribution in [0.15, 0.2) is 91.1 Å². The zero-order valence-electron chi connectivity index (χ0n) is 17.7. The van der Waals surface area contributed by atoms with Gasteiger partial charge in [-0.1, -0.05) is 78.9 Å². The van der Waals surface area contributed by atoms with E-state index in [1.807, 2.05) is 60.8 Å². The molecule has 1 amide bonds. The second-order valence-electron chi connectivity index (χ2n) is 7.90. The third-order valence-electron chi connectivity index (χ3n) is 5.85. The van der Waals surface area contributed by atoms with Crippen LogP contribution in [-0.4, -0.2) is 24.2 Å². The minimum Gasteiger partial charge on any atom is -0.449 e. The van der Waals surface area contributed by atoms with Gasteiger partial charge in [-0.2, -0.15) is 0 Å². The summed E-state index contributed by atoms with van der Waals surface area (Å²) in [6.45, 7) is 0.854. The highest BCUT2D eigenvalue weighted by Crippen LogP contribution is 2.44. The highest BCUT2D eigenvalue weighted by atomic mass is 16.5. The molecule has 1 aliphatic rings. The first-order valence-electron chi connectivity index (χ1n) is 10.9. The van der Waals surface area contributed by atoms with E-state index < -0.39 is 0 Å². The molecule has 1 aromatic heterocycles. The molecule has 0 radical (unpaired) electrons. The first-order chi connectivity index (χ1) is 15.8. The van der Waals surface area contributed by atoms with Crippen LogP contribution in [0, 0.1) is 0 Å². The van der Waals surface area contributed by atoms with Gasteiger partial charge in [0, 0.05) is 24.0 Å². The van der Waals surface area contributed by atoms with Crippen LogP contribution >= 0.6 is 0 Å². The molecule has 4 nitrogen and oxygen atoms in total. The molecule has 0 fully saturated rings. The summed E-state index contributed by atoms with van der Waals surface area (Å²) in [5.74, 6) is 0.0773. The lowest BCUT2D eigenvalue weighted by Gasteiger charge is -2.14. The molecule has 0 bridgehead atoms. The van der Waals surface area contributed by atoms with E-state index >= 15 is 0 Å². The van der Waals surface area contributed by atoms with Crippen molar-refractivity contribution in [2.24, 2.45) is 0 Å². The molecule has 4 aromatic rings. The van der Waals surface area contributed by atoms with Gasteiger partial charge in [-0.05, 0) is 46.4 Å². The number of aromatic nitrogens is 1. The minimum absolute atomic E-state index is 0.0773. The number of hydrogen-bond donors (Lipinski definition) is 1. The number of nitrogens with one attached hydrogen (secondary N) is 1. The van der Waals surface area contributed by atoms with Gasteiger partial charge in [0.1, 0.15) is 6.61 Å². The molecule has 1 aliphatic carbocycles. The number of benzene rings is 3. The van der Waals surface area contributed by atoms with Gasteiger partial charge in [0.2, 0.25) is 0 Å². The Labute approximate surface area is 187 Å². The van der Waals surface area contributed by atoms with Crippen molar-refractivity contribution in [2.75, 3.05) is 13.2 Å². The standard InChI is InChI=1S/C28H24N2O2/c31-28(29-16-8-7-9-20-17-21-10-1-6-15-27(21)30-18-20)32-19-26-24-13-4-2-11-22(24)23-12-3-5-14-25(23)26/h1-7,9-15,17-18,26H,8,16,19H2,(H,29,31). The molecule has 1 N–H and O–H groups in total. The number of amides is 1. The van der Waals surface area contributed by atoms with Gasteiger partial charge in [-0.3, -0.25) is 4.98 Å². The highest BCUT2D eigenvalue weighted by Gasteiger charge is 2.28. The Kier molecular flexibility index (Phi) is 5.67. The number of hydrogen-bond acceptors (Lipinski definition) is 3. The quantitative estimate of drug-likeness (QED) is 0.379. The molecule has 0 saturated heterocycles. The van der Waals surface area contributed by atoms with Crippen molar-refractivity contribution in [1.82, 2.24) is 10.3 Å². The smallest absolute Gasteiger partial charge is 0.407 e. The summed E-state index contributed by atoms with van der Waals surface area (Å²) in [6, 6.07) is 26.8. The first-order valence-corrected chi connectivity index (χ1v) is 10.9. The van der Waals surface area contributed by atoms with E-state index in [1.165, 1.54) is 22.3 Å². The lowest BCUT2D eigenvalue weighted by molar-refractivity contribution is 0.143. The van der Waals surface area contributed by atoms with Gasteiger partial charge < -0.3 is 10.1 Å². The molecule has 0 spiro atoms. The Morgan fingerprint density at radius 3 is 2.41 bits per heavy atom. The van der Waals surface area contributed by atoms with Gasteiger partial charge >= 0.3 is 6.09 Å². The van der Waals surface area contributed by atoms with Gasteiger partial charge in [0.15, 0.2) is 0 Å². The molecular formula is C28H24N2O2. The molecule has 32 heavy (non-hydrogen) atoms. The number of carbonyl (C=O) groups is 1. The number of fused-ring (bicyclic) bond motifs is 4. The van der Waals surface area contributed by atoms with Gasteiger partial charge in [-0.25, -0.2) is 4.79 Å². The van der Waals surface area contributed by atoms with Gasteiger partial charge in [0.05, 0.1) is 5.52 Å². The zero-order valence-corrected chi connectivity index (χ0v) is 17.7. The fraction of sp³-hybridized carbons (Fsp3) is 0.143. The number of alkyl carbamates (subject to hydrolysis) is 1. The molecular weight excluding hydrogens is 396 g/mol. The first kappa shape index (κ1) is 20.0. The van der Waals surface area contributed by atoms with Crippen LogP contribution in [0.4, 0.5) is 4.79 Å². The van der Waals surface area contributed by atoms with Crippen LogP contribution in [0.3, 0.4) is 0 Å². The van der Waals surface area contributed by atoms with Crippen molar-refractivity contribution in [3.05, 3.63) is 108 Å². The van der Waals surface area contributed by atoms with Crippen molar-refractivity contribution in [1.29, 1.82) is 0 Å². The summed E-state index contributed by atoms with van der Waals surface area (Å²) in [5.41, 5.74) is 6.92. The van der Waals surface area contributed by atoms with Crippen molar-refractivity contribution in [3.8, 4) is 11.1 Å². The largest absolute Gasteiger partial charge is 0.449 e. The lowest BCUT2D eigenvalue weighted by atomic mass is 9.98. The molecule has 4 heteroatoms. The fourth-order valence-corrected chi connectivity index (χ4v) is 4.31. The van der Waals surface area contributed by atoms with Crippen LogP contribution in [-0.2, 0) is 4.74 Å². The lowest BCUT2D eigenvalue weighted by Crippen LogP contribution is -2.26. The minimum atomic E-state index is -0.382. The predicted octanol–water partition coefficient (Wildman–Crippen LogP) is 6.18. The Morgan fingerprint density at radius 1 is 0.938 bits per heavy atom. The fourth-order valence-electron chi connectivity index (χ4n) is 4.31. The maximum Gasteiger partial charge on any atom is 0.407 e. The number of rotatable bonds is 6. The summed E-state index contributed by atoms with van der Waals surface area (Å²) in [5, 5.41) is 3.96. The SMILES string of the molecule is O=C(NCCC=Cc1cnc2ccccc2c1)OCC1c2ccccc2-c2ccccc21. The Bertz CT molecular complexity index is 1250. The summed E-state index contributed by atoms with van der Waals surface area (Å²) < 4.78 is 5.57. The summed E-state index contributed by atoms with van der Waals surface area (Å²) in [4.78, 5) is 16.7. The Balaban J connectivity index is 1.12. The van der Waals surface area contributed by atoms with Crippen LogP contribution in [0.1, 0.15) is 29.0 Å². The molecule has 0 aliphatic heterocycles. The number of nitrogens with zero attached hydrogens (tertiary/aromatic N) is 1. The van der Waals surface area contributed by atoms with E-state index in [1.54, 1.807) is 0 Å². The van der Waals surface area contributed by atoms with Crippen LogP contribution in [0.2, 0.25) is 0 Å². The second kappa shape index (κ2) is 9.06. The molecule has 0 unspecified atom stereocenters. The molecule has 1 heterocycles. The monoisotopic (exact) mass is 420 g/mol. The number of para-hydroxylation sites is 1. The average molecular weight is 421 g/mol. The summed E-state index contributed by atoms with van der Waals surface area (Å²) in [6.07, 6.45) is 6.26. The number of carbonyl (C=O) groups excluding carboxylic acids is 1. The average Bonchev–Trinajstić information content (AvgIpc) is 3.16. The van der Waals surface area contributed by atoms with Crippen molar-refractivity contribution >= 4 is 23.1 Å². The van der Waals surface area contributed by atoms with E-state index in [2.05, 4.69) is 46.7 Å². The van der Waals surface area contributed by atoms with E-state index in [-0.39, 0.29) is 12.0 Å². The maximum absolute atomic E-state index is 12.2. The summed E-state index contributed by atoms with van der Waals surface area (Å²) in [7, 11) is 0. The third-order valence-corrected chi connectivity index (χ3v) is 5.85. The van der Waals surface area contributed by atoms with E-state index in [9.17, 15) is 4.79 Å². The molecule has 5 rings (SSSR count). The second-order valence-corrected chi connectivity index (χ2v) is 7.90. The molecule has 0 saturated carbocycles. The molecule has 0 atom stereocenters. The highest BCUT2D eigenvalue weighted by molar-refractivity contribution is 5.81. The van der Waals surface area contributed by atoms with Crippen molar-refractivity contribution in [2.45, 2.75) is 12.3 Å². The maximum atomic E-state index is 12.2. The molecule has 158 valence electrons. The van der Waals surface area contributed by atoms with E-state index in [0.717, 1.165) is 22.9 Å². The van der Waals surface area contributed by atoms with E-state index in [4.69, 9.17) is 4.74 Å². The Hall–Kier alpha value is -3.92.